The van der Waals surface area contributed by atoms with E-state index in [1.54, 1.807) is 125 Å². The molecule has 0 spiro atoms. The van der Waals surface area contributed by atoms with Crippen LogP contribution in [0.3, 0.4) is 0 Å². The Labute approximate surface area is 405 Å². The molecule has 15 heteroatoms. The van der Waals surface area contributed by atoms with Gasteiger partial charge in [-0.2, -0.15) is 0 Å². The molecule has 70 heavy (non-hydrogen) atoms. The molecule has 360 valence electrons. The highest BCUT2D eigenvalue weighted by atomic mass is 16.5. The maximum Gasteiger partial charge on any atom is 0.427 e. The molecule has 1 aliphatic rings. The number of para-hydroxylation sites is 1. The molecule has 1 amide bonds. The Bertz CT molecular complexity index is 3290. The molecule has 6 heterocycles. The van der Waals surface area contributed by atoms with E-state index in [1.807, 2.05) is 31.2 Å². The summed E-state index contributed by atoms with van der Waals surface area (Å²) in [6.07, 6.45) is 13.4. The SMILES string of the molecule is CC(=O)CCCCCC(=O)c1cc(CC(=O)c2cc(CC(=O)c3cc(CC(=O)c4cc(NC(=O)CCCOc5cc6ncc7[n+](c(=O)c6cc5C)-c5ccccc5C7)cn4C)cn3C)cn2C)cn1C. The van der Waals surface area contributed by atoms with Crippen LogP contribution in [0.4, 0.5) is 5.69 Å². The molecule has 0 bridgehead atoms. The molecule has 1 aliphatic heterocycles. The number of rotatable bonds is 22. The lowest BCUT2D eigenvalue weighted by Gasteiger charge is -2.09. The van der Waals surface area contributed by atoms with Crippen LogP contribution < -0.4 is 20.2 Å². The molecule has 7 aromatic rings. The summed E-state index contributed by atoms with van der Waals surface area (Å²) >= 11 is 0. The van der Waals surface area contributed by atoms with Crippen LogP contribution in [-0.4, -0.2) is 64.7 Å². The van der Waals surface area contributed by atoms with Gasteiger partial charge in [0, 0.05) is 109 Å². The lowest BCUT2D eigenvalue weighted by Crippen LogP contribution is -2.47. The van der Waals surface area contributed by atoms with Crippen LogP contribution in [0.15, 0.2) is 96.4 Å². The smallest absolute Gasteiger partial charge is 0.427 e. The van der Waals surface area contributed by atoms with Crippen LogP contribution in [0.1, 0.15) is 127 Å². The number of hydrogen-bond donors (Lipinski definition) is 1. The van der Waals surface area contributed by atoms with Gasteiger partial charge in [0.25, 0.3) is 0 Å². The van der Waals surface area contributed by atoms with E-state index in [4.69, 9.17) is 4.74 Å². The summed E-state index contributed by atoms with van der Waals surface area (Å²) in [6, 6.07) is 18.3. The second-order valence-electron chi connectivity index (χ2n) is 18.6. The zero-order chi connectivity index (χ0) is 49.8. The Morgan fingerprint density at radius 1 is 0.657 bits per heavy atom. The van der Waals surface area contributed by atoms with Crippen LogP contribution in [0.5, 0.6) is 5.75 Å². The van der Waals surface area contributed by atoms with Crippen molar-refractivity contribution in [2.45, 2.75) is 84.5 Å². The number of carbonyl (C=O) groups excluding carboxylic acids is 6. The van der Waals surface area contributed by atoms with Crippen molar-refractivity contribution in [2.24, 2.45) is 28.2 Å². The molecule has 0 atom stereocenters. The quantitative estimate of drug-likeness (QED) is 0.0417. The van der Waals surface area contributed by atoms with Crippen molar-refractivity contribution in [1.82, 2.24) is 23.3 Å². The van der Waals surface area contributed by atoms with Crippen LogP contribution in [0.25, 0.3) is 16.6 Å². The fraction of sp³-hybridized carbons (Fsp3) is 0.327. The molecule has 2 aromatic carbocycles. The number of carbonyl (C=O) groups is 6. The molecule has 0 saturated heterocycles. The van der Waals surface area contributed by atoms with Crippen LogP contribution >= 0.6 is 0 Å². The predicted octanol–water partition coefficient (Wildman–Crippen LogP) is 7.23. The van der Waals surface area contributed by atoms with Gasteiger partial charge >= 0.3 is 5.56 Å². The van der Waals surface area contributed by atoms with Gasteiger partial charge in [-0.1, -0.05) is 24.6 Å². The normalized spacial score (nSPS) is 11.7. The standard InChI is InChI=1S/C55H57N7O8/c1-34-19-42-43(56-29-41-26-39-14-10-11-15-44(39)62(41)55(42)69)28-53(34)70-18-12-17-54(68)57-40-27-48(61(6)33-40)52(67)25-38-22-47(60(5)32-38)51(66)24-37-21-46(59(4)31-37)50(65)23-36-20-45(58(3)30-36)49(64)16-9-7-8-13-35(2)63/h10-11,14-15,19-22,27-33H,7-9,12-13,16-18,23-26H2,1-6H3/p+1. The van der Waals surface area contributed by atoms with Gasteiger partial charge in [0.15, 0.2) is 23.1 Å². The number of ketones is 5. The Kier molecular flexibility index (Phi) is 14.5. The van der Waals surface area contributed by atoms with Gasteiger partial charge in [0.1, 0.15) is 16.9 Å². The summed E-state index contributed by atoms with van der Waals surface area (Å²) < 4.78 is 14.6. The number of fused-ring (bicyclic) bond motifs is 4. The van der Waals surface area contributed by atoms with E-state index in [0.29, 0.717) is 88.3 Å². The first-order valence-electron chi connectivity index (χ1n) is 23.7. The molecular formula is C55H58N7O8+. The molecular weight excluding hydrogens is 887 g/mol. The minimum atomic E-state index is -0.231. The number of benzene rings is 2. The first-order valence-corrected chi connectivity index (χ1v) is 23.7. The summed E-state index contributed by atoms with van der Waals surface area (Å²) in [6.45, 7) is 3.71. The highest BCUT2D eigenvalue weighted by molar-refractivity contribution is 6.01. The minimum Gasteiger partial charge on any atom is -0.493 e. The fourth-order valence-corrected chi connectivity index (χ4v) is 9.39. The van der Waals surface area contributed by atoms with E-state index in [0.717, 1.165) is 40.9 Å². The first kappa shape index (κ1) is 48.6. The Balaban J connectivity index is 0.806. The second kappa shape index (κ2) is 20.8. The predicted molar refractivity (Wildman–Crippen MR) is 264 cm³/mol. The second-order valence-corrected chi connectivity index (χ2v) is 18.6. The number of anilines is 1. The molecule has 8 rings (SSSR count). The topological polar surface area (TPSA) is 177 Å². The van der Waals surface area contributed by atoms with Gasteiger partial charge < -0.3 is 33.1 Å². The Morgan fingerprint density at radius 2 is 1.21 bits per heavy atom. The Morgan fingerprint density at radius 3 is 1.83 bits per heavy atom. The lowest BCUT2D eigenvalue weighted by atomic mass is 10.0. The zero-order valence-corrected chi connectivity index (χ0v) is 40.6. The van der Waals surface area contributed by atoms with Gasteiger partial charge in [-0.05, 0) is 85.7 Å². The van der Waals surface area contributed by atoms with E-state index in [9.17, 15) is 33.6 Å². The largest absolute Gasteiger partial charge is 0.493 e. The van der Waals surface area contributed by atoms with Crippen LogP contribution in [-0.2, 0) is 63.5 Å². The third-order valence-electron chi connectivity index (χ3n) is 12.9. The minimum absolute atomic E-state index is 0.000551. The summed E-state index contributed by atoms with van der Waals surface area (Å²) in [5.74, 6) is 0.0154. The van der Waals surface area contributed by atoms with Gasteiger partial charge in [0.2, 0.25) is 17.3 Å². The Hall–Kier alpha value is -7.81. The molecule has 0 fully saturated rings. The number of aryl methyl sites for hydroxylation is 5. The van der Waals surface area contributed by atoms with Gasteiger partial charge in [-0.15, -0.1) is 4.57 Å². The third-order valence-corrected chi connectivity index (χ3v) is 12.9. The van der Waals surface area contributed by atoms with Crippen molar-refractivity contribution in [2.75, 3.05) is 11.9 Å². The lowest BCUT2D eigenvalue weighted by molar-refractivity contribution is -0.610. The highest BCUT2D eigenvalue weighted by Crippen LogP contribution is 2.25. The van der Waals surface area contributed by atoms with E-state index in [-0.39, 0.29) is 72.7 Å². The number of amides is 1. The molecule has 0 unspecified atom stereocenters. The van der Waals surface area contributed by atoms with E-state index < -0.39 is 0 Å². The number of nitrogens with zero attached hydrogens (tertiary/aromatic N) is 6. The number of aromatic nitrogens is 6. The fourth-order valence-electron chi connectivity index (χ4n) is 9.39. The van der Waals surface area contributed by atoms with Crippen molar-refractivity contribution >= 4 is 51.4 Å². The maximum absolute atomic E-state index is 13.7. The molecule has 15 nitrogen and oxygen atoms in total. The first-order chi connectivity index (χ1) is 33.5. The average Bonchev–Trinajstić information content (AvgIpc) is 4.13. The number of ether oxygens (including phenoxy) is 1. The molecule has 0 saturated carbocycles. The number of hydrogen-bond acceptors (Lipinski definition) is 9. The van der Waals surface area contributed by atoms with Gasteiger partial charge in [-0.25, -0.2) is 9.78 Å². The maximum atomic E-state index is 13.7. The average molecular weight is 945 g/mol. The zero-order valence-electron chi connectivity index (χ0n) is 40.6. The third kappa shape index (κ3) is 10.9. The molecule has 0 radical (unpaired) electrons. The van der Waals surface area contributed by atoms with Crippen molar-refractivity contribution in [3.63, 3.8) is 0 Å². The number of Topliss-reactive ketones (excluding diaryl/α,β-unsaturated/α-hetero) is 5. The molecule has 0 aliphatic carbocycles. The monoisotopic (exact) mass is 944 g/mol. The van der Waals surface area contributed by atoms with Crippen LogP contribution in [0.2, 0.25) is 0 Å². The summed E-state index contributed by atoms with van der Waals surface area (Å²) in [7, 11) is 7.04. The summed E-state index contributed by atoms with van der Waals surface area (Å²) in [5.41, 5.74) is 8.34. The highest BCUT2D eigenvalue weighted by Gasteiger charge is 2.30. The van der Waals surface area contributed by atoms with Crippen LogP contribution in [0, 0.1) is 6.92 Å². The van der Waals surface area contributed by atoms with E-state index in [2.05, 4.69) is 10.3 Å². The van der Waals surface area contributed by atoms with Crippen molar-refractivity contribution < 1.29 is 38.1 Å². The summed E-state index contributed by atoms with van der Waals surface area (Å²) in [5, 5.41) is 3.38. The number of unbranched alkanes of at least 4 members (excludes halogenated alkanes) is 2. The van der Waals surface area contributed by atoms with Crippen molar-refractivity contribution in [3.05, 3.63) is 158 Å². The molecule has 5 aromatic heterocycles. The van der Waals surface area contributed by atoms with E-state index >= 15 is 0 Å². The van der Waals surface area contributed by atoms with E-state index in [1.165, 1.54) is 0 Å². The van der Waals surface area contributed by atoms with Crippen molar-refractivity contribution in [3.8, 4) is 11.4 Å². The van der Waals surface area contributed by atoms with Crippen molar-refractivity contribution in [1.29, 1.82) is 0 Å². The summed E-state index contributed by atoms with van der Waals surface area (Å²) in [4.78, 5) is 95.9. The number of nitrogens with one attached hydrogen (secondary N) is 1. The van der Waals surface area contributed by atoms with Gasteiger partial charge in [-0.3, -0.25) is 24.0 Å². The van der Waals surface area contributed by atoms with Gasteiger partial charge in [0.05, 0.1) is 53.2 Å². The molecule has 1 N–H and O–H groups in total.